The third-order valence-electron chi connectivity index (χ3n) is 1.96. The van der Waals surface area contributed by atoms with Gasteiger partial charge in [-0.25, -0.2) is 4.79 Å². The lowest BCUT2D eigenvalue weighted by atomic mass is 9.99. The number of ketones is 1. The fraction of sp³-hybridized carbons (Fsp3) is 0.750. The van der Waals surface area contributed by atoms with E-state index in [2.05, 4.69) is 0 Å². The number of carboxylic acid groups (broad SMARTS) is 1. The summed E-state index contributed by atoms with van der Waals surface area (Å²) in [4.78, 5) is 20.8. The number of carbonyl (C=O) groups excluding carboxylic acids is 1. The second kappa shape index (κ2) is 6.51. The van der Waals surface area contributed by atoms with E-state index < -0.39 is 49.2 Å². The van der Waals surface area contributed by atoms with Gasteiger partial charge in [0.2, 0.25) is 5.78 Å². The number of rotatable bonds is 7. The zero-order chi connectivity index (χ0) is 12.9. The summed E-state index contributed by atoms with van der Waals surface area (Å²) >= 11 is 0. The SMILES string of the molecule is O=C(O)C(=O)C[C@@H](O)[C@H](O)[C@@H](O)[C@@H](O)CO. The van der Waals surface area contributed by atoms with Gasteiger partial charge in [0.15, 0.2) is 0 Å². The Hall–Kier alpha value is -1.06. The number of aliphatic hydroxyl groups excluding tert-OH is 5. The Balaban J connectivity index is 4.32. The van der Waals surface area contributed by atoms with Crippen LogP contribution >= 0.6 is 0 Å². The summed E-state index contributed by atoms with van der Waals surface area (Å²) < 4.78 is 0. The Morgan fingerprint density at radius 3 is 1.75 bits per heavy atom. The van der Waals surface area contributed by atoms with Crippen molar-refractivity contribution in [1.29, 1.82) is 0 Å². The highest BCUT2D eigenvalue weighted by Crippen LogP contribution is 2.08. The summed E-state index contributed by atoms with van der Waals surface area (Å²) in [6, 6.07) is 0. The average molecular weight is 238 g/mol. The Morgan fingerprint density at radius 1 is 0.938 bits per heavy atom. The number of carbonyl (C=O) groups is 2. The quantitative estimate of drug-likeness (QED) is 0.249. The van der Waals surface area contributed by atoms with E-state index in [1.54, 1.807) is 0 Å². The van der Waals surface area contributed by atoms with E-state index in [4.69, 9.17) is 25.5 Å². The number of aliphatic hydroxyl groups is 5. The Bertz CT molecular complexity index is 252. The van der Waals surface area contributed by atoms with Gasteiger partial charge in [-0.1, -0.05) is 0 Å². The second-order valence-electron chi connectivity index (χ2n) is 3.23. The molecule has 0 aliphatic heterocycles. The van der Waals surface area contributed by atoms with Gasteiger partial charge >= 0.3 is 5.97 Å². The van der Waals surface area contributed by atoms with E-state index in [0.717, 1.165) is 0 Å². The molecular weight excluding hydrogens is 224 g/mol. The maximum Gasteiger partial charge on any atom is 0.372 e. The van der Waals surface area contributed by atoms with E-state index in [1.807, 2.05) is 0 Å². The van der Waals surface area contributed by atoms with Crippen LogP contribution in [-0.2, 0) is 9.59 Å². The van der Waals surface area contributed by atoms with Gasteiger partial charge in [-0.15, -0.1) is 0 Å². The summed E-state index contributed by atoms with van der Waals surface area (Å²) in [6.45, 7) is -0.849. The molecule has 0 fully saturated rings. The molecule has 4 atom stereocenters. The molecule has 0 spiro atoms. The highest BCUT2D eigenvalue weighted by molar-refractivity contribution is 6.32. The molecule has 0 unspecified atom stereocenters. The first-order chi connectivity index (χ1) is 7.31. The van der Waals surface area contributed by atoms with E-state index in [9.17, 15) is 14.7 Å². The largest absolute Gasteiger partial charge is 0.475 e. The predicted molar refractivity (Wildman–Crippen MR) is 48.4 cm³/mol. The Kier molecular flexibility index (Phi) is 6.08. The minimum atomic E-state index is -1.93. The molecule has 0 aliphatic carbocycles. The lowest BCUT2D eigenvalue weighted by molar-refractivity contribution is -0.153. The molecule has 0 bridgehead atoms. The van der Waals surface area contributed by atoms with Crippen molar-refractivity contribution >= 4 is 11.8 Å². The van der Waals surface area contributed by atoms with Crippen molar-refractivity contribution in [3.05, 3.63) is 0 Å². The first-order valence-corrected chi connectivity index (χ1v) is 4.40. The third kappa shape index (κ3) is 4.21. The van der Waals surface area contributed by atoms with Crippen LogP contribution < -0.4 is 0 Å². The molecule has 0 aromatic rings. The highest BCUT2D eigenvalue weighted by atomic mass is 16.4. The number of hydrogen-bond donors (Lipinski definition) is 6. The van der Waals surface area contributed by atoms with Crippen LogP contribution in [0.25, 0.3) is 0 Å². The van der Waals surface area contributed by atoms with E-state index in [1.165, 1.54) is 0 Å². The van der Waals surface area contributed by atoms with Crippen molar-refractivity contribution in [3.63, 3.8) is 0 Å². The van der Waals surface area contributed by atoms with Crippen molar-refractivity contribution in [2.24, 2.45) is 0 Å². The van der Waals surface area contributed by atoms with Gasteiger partial charge in [-0.05, 0) is 0 Å². The first kappa shape index (κ1) is 14.9. The molecule has 0 heterocycles. The van der Waals surface area contributed by atoms with Gasteiger partial charge < -0.3 is 30.6 Å². The topological polar surface area (TPSA) is 156 Å². The molecule has 6 N–H and O–H groups in total. The maximum atomic E-state index is 10.7. The van der Waals surface area contributed by atoms with Crippen LogP contribution in [0.2, 0.25) is 0 Å². The third-order valence-corrected chi connectivity index (χ3v) is 1.96. The van der Waals surface area contributed by atoms with Gasteiger partial charge in [0.25, 0.3) is 0 Å². The molecule has 0 radical (unpaired) electrons. The van der Waals surface area contributed by atoms with Crippen LogP contribution in [0.3, 0.4) is 0 Å². The molecule has 0 saturated carbocycles. The molecular formula is C8H14O8. The predicted octanol–water partition coefficient (Wildman–Crippen LogP) is -3.53. The number of aliphatic carboxylic acids is 1. The minimum Gasteiger partial charge on any atom is -0.475 e. The normalized spacial score (nSPS) is 18.6. The van der Waals surface area contributed by atoms with Crippen molar-refractivity contribution in [2.45, 2.75) is 30.8 Å². The average Bonchev–Trinajstić information content (AvgIpc) is 2.25. The second-order valence-corrected chi connectivity index (χ2v) is 3.23. The molecule has 0 amide bonds. The number of carboxylic acids is 1. The summed E-state index contributed by atoms with van der Waals surface area (Å²) in [6.07, 6.45) is -8.22. The van der Waals surface area contributed by atoms with E-state index in [-0.39, 0.29) is 0 Å². The van der Waals surface area contributed by atoms with Crippen LogP contribution in [0, 0.1) is 0 Å². The van der Waals surface area contributed by atoms with Crippen molar-refractivity contribution in [3.8, 4) is 0 Å². The summed E-state index contributed by atoms with van der Waals surface area (Å²) in [5.41, 5.74) is 0. The van der Waals surface area contributed by atoms with E-state index in [0.29, 0.717) is 0 Å². The van der Waals surface area contributed by atoms with Gasteiger partial charge in [-0.2, -0.15) is 0 Å². The summed E-state index contributed by atoms with van der Waals surface area (Å²) in [5.74, 6) is -3.11. The van der Waals surface area contributed by atoms with Gasteiger partial charge in [0.1, 0.15) is 18.3 Å². The van der Waals surface area contributed by atoms with Crippen molar-refractivity contribution < 1.29 is 40.2 Å². The molecule has 0 aromatic carbocycles. The summed E-state index contributed by atoms with van der Waals surface area (Å²) in [5, 5.41) is 53.1. The molecule has 0 aliphatic rings. The van der Waals surface area contributed by atoms with Crippen LogP contribution in [0.5, 0.6) is 0 Å². The van der Waals surface area contributed by atoms with Crippen LogP contribution in [0.4, 0.5) is 0 Å². The monoisotopic (exact) mass is 238 g/mol. The summed E-state index contributed by atoms with van der Waals surface area (Å²) in [7, 11) is 0. The molecule has 94 valence electrons. The van der Waals surface area contributed by atoms with Crippen molar-refractivity contribution in [2.75, 3.05) is 6.61 Å². The molecule has 0 rings (SSSR count). The van der Waals surface area contributed by atoms with E-state index >= 15 is 0 Å². The lowest BCUT2D eigenvalue weighted by Crippen LogP contribution is -2.46. The fourth-order valence-corrected chi connectivity index (χ4v) is 0.961. The first-order valence-electron chi connectivity index (χ1n) is 4.40. The molecule has 0 saturated heterocycles. The highest BCUT2D eigenvalue weighted by Gasteiger charge is 2.32. The number of hydrogen-bond acceptors (Lipinski definition) is 7. The maximum absolute atomic E-state index is 10.7. The smallest absolute Gasteiger partial charge is 0.372 e. The standard InChI is InChI=1S/C8H14O8/c9-2-5(12)7(14)6(13)3(10)1-4(11)8(15)16/h3,5-7,9-10,12-14H,1-2H2,(H,15,16)/t3-,5+,6+,7+/m1/s1. The zero-order valence-electron chi connectivity index (χ0n) is 8.22. The van der Waals surface area contributed by atoms with Gasteiger partial charge in [0.05, 0.1) is 12.7 Å². The molecule has 8 nitrogen and oxygen atoms in total. The lowest BCUT2D eigenvalue weighted by Gasteiger charge is -2.24. The Morgan fingerprint density at radius 2 is 1.38 bits per heavy atom. The number of Topliss-reactive ketones (excluding diaryl/α,β-unsaturated/α-hetero) is 1. The van der Waals surface area contributed by atoms with Crippen LogP contribution in [0.1, 0.15) is 6.42 Å². The van der Waals surface area contributed by atoms with Gasteiger partial charge in [0, 0.05) is 6.42 Å². The van der Waals surface area contributed by atoms with Gasteiger partial charge in [-0.3, -0.25) is 4.79 Å². The van der Waals surface area contributed by atoms with Crippen molar-refractivity contribution in [1.82, 2.24) is 0 Å². The fourth-order valence-electron chi connectivity index (χ4n) is 0.961. The zero-order valence-corrected chi connectivity index (χ0v) is 8.22. The Labute approximate surface area is 90.4 Å². The van der Waals surface area contributed by atoms with Crippen LogP contribution in [-0.4, -0.2) is 73.4 Å². The molecule has 8 heteroatoms. The molecule has 16 heavy (non-hydrogen) atoms. The van der Waals surface area contributed by atoms with Crippen LogP contribution in [0.15, 0.2) is 0 Å². The molecule has 0 aromatic heterocycles. The minimum absolute atomic E-state index is 0.849.